The molecule has 0 spiro atoms. The van der Waals surface area contributed by atoms with Crippen LogP contribution in [0.5, 0.6) is 0 Å². The first-order chi connectivity index (χ1) is 9.08. The number of carbonyl (C=O) groups is 1. The van der Waals surface area contributed by atoms with E-state index in [1.54, 1.807) is 0 Å². The van der Waals surface area contributed by atoms with E-state index in [0.29, 0.717) is 4.83 Å². The number of benzene rings is 1. The van der Waals surface area contributed by atoms with Crippen molar-refractivity contribution in [2.45, 2.75) is 43.0 Å². The Morgan fingerprint density at radius 1 is 1.26 bits per heavy atom. The van der Waals surface area contributed by atoms with E-state index in [2.05, 4.69) is 59.8 Å². The summed E-state index contributed by atoms with van der Waals surface area (Å²) in [5.41, 5.74) is 0.718. The van der Waals surface area contributed by atoms with Gasteiger partial charge in [-0.2, -0.15) is 0 Å². The number of alkyl halides is 1. The summed E-state index contributed by atoms with van der Waals surface area (Å²) in [6.45, 7) is 0. The van der Waals surface area contributed by atoms with Gasteiger partial charge >= 0.3 is 0 Å². The van der Waals surface area contributed by atoms with E-state index in [1.807, 2.05) is 18.2 Å². The van der Waals surface area contributed by atoms with Crippen LogP contribution < -0.4 is 5.32 Å². The lowest BCUT2D eigenvalue weighted by molar-refractivity contribution is 0.0934. The number of nitrogens with one attached hydrogen (secondary N) is 1. The predicted molar refractivity (Wildman–Crippen MR) is 93.9 cm³/mol. The van der Waals surface area contributed by atoms with E-state index in [4.69, 9.17) is 0 Å². The molecule has 1 saturated carbocycles. The summed E-state index contributed by atoms with van der Waals surface area (Å²) in [6, 6.07) is 6.06. The highest BCUT2D eigenvalue weighted by atomic mass is 127. The van der Waals surface area contributed by atoms with Crippen molar-refractivity contribution < 1.29 is 4.79 Å². The number of carbonyl (C=O) groups excluding carboxylic acids is 1. The molecule has 5 heteroatoms. The first kappa shape index (κ1) is 15.8. The normalized spacial score (nSPS) is 23.7. The van der Waals surface area contributed by atoms with Gasteiger partial charge in [-0.05, 0) is 69.6 Å². The smallest absolute Gasteiger partial charge is 0.252 e. The number of halogens is 3. The van der Waals surface area contributed by atoms with Crippen LogP contribution in [0.1, 0.15) is 42.5 Å². The van der Waals surface area contributed by atoms with Crippen molar-refractivity contribution in [3.8, 4) is 0 Å². The second-order valence-corrected chi connectivity index (χ2v) is 8.13. The molecule has 2 atom stereocenters. The van der Waals surface area contributed by atoms with Gasteiger partial charge in [0.15, 0.2) is 0 Å². The fourth-order valence-corrected chi connectivity index (χ4v) is 3.98. The fourth-order valence-electron chi connectivity index (χ4n) is 2.34. The van der Waals surface area contributed by atoms with E-state index in [1.165, 1.54) is 19.3 Å². The Hall–Kier alpha value is 0.380. The molecule has 0 aliphatic heterocycles. The Balaban J connectivity index is 2.09. The molecule has 0 saturated heterocycles. The summed E-state index contributed by atoms with van der Waals surface area (Å²) >= 11 is 9.39. The zero-order chi connectivity index (χ0) is 13.8. The van der Waals surface area contributed by atoms with Gasteiger partial charge in [0.25, 0.3) is 5.91 Å². The lowest BCUT2D eigenvalue weighted by atomic mass is 10.1. The van der Waals surface area contributed by atoms with Crippen LogP contribution in [0, 0.1) is 3.57 Å². The molecule has 1 aliphatic rings. The standard InChI is InChI=1S/C14H16Br2INO/c15-11-7-6-9(17)8-10(11)14(19)18-13-5-3-1-2-4-12(13)16/h6-8,12-13H,1-5H2,(H,18,19). The Morgan fingerprint density at radius 2 is 2.00 bits per heavy atom. The molecule has 1 amide bonds. The minimum Gasteiger partial charge on any atom is -0.348 e. The third-order valence-corrected chi connectivity index (χ3v) is 5.88. The average molecular weight is 501 g/mol. The van der Waals surface area contributed by atoms with Crippen molar-refractivity contribution in [1.29, 1.82) is 0 Å². The second kappa shape index (κ2) is 7.41. The van der Waals surface area contributed by atoms with E-state index >= 15 is 0 Å². The third-order valence-electron chi connectivity index (χ3n) is 3.42. The van der Waals surface area contributed by atoms with Gasteiger partial charge in [0.05, 0.1) is 5.56 Å². The highest BCUT2D eigenvalue weighted by Gasteiger charge is 2.24. The molecule has 2 unspecified atom stereocenters. The van der Waals surface area contributed by atoms with Gasteiger partial charge in [0.2, 0.25) is 0 Å². The molecule has 1 aromatic rings. The second-order valence-electron chi connectivity index (χ2n) is 4.86. The molecule has 0 heterocycles. The van der Waals surface area contributed by atoms with Crippen molar-refractivity contribution in [1.82, 2.24) is 5.32 Å². The molecule has 104 valence electrons. The quantitative estimate of drug-likeness (QED) is 0.350. The van der Waals surface area contributed by atoms with Crippen LogP contribution in [0.15, 0.2) is 22.7 Å². The van der Waals surface area contributed by atoms with Gasteiger partial charge in [-0.25, -0.2) is 0 Å². The monoisotopic (exact) mass is 499 g/mol. The molecule has 1 fully saturated rings. The molecule has 2 rings (SSSR count). The predicted octanol–water partition coefficient (Wildman–Crippen LogP) is 4.88. The Kier molecular flexibility index (Phi) is 6.14. The van der Waals surface area contributed by atoms with E-state index < -0.39 is 0 Å². The minimum atomic E-state index is 0.0155. The van der Waals surface area contributed by atoms with Crippen molar-refractivity contribution in [2.24, 2.45) is 0 Å². The number of hydrogen-bond donors (Lipinski definition) is 1. The van der Waals surface area contributed by atoms with Gasteiger partial charge in [-0.3, -0.25) is 4.79 Å². The van der Waals surface area contributed by atoms with Crippen LogP contribution in [0.25, 0.3) is 0 Å². The van der Waals surface area contributed by atoms with Gasteiger partial charge in [0.1, 0.15) is 0 Å². The lowest BCUT2D eigenvalue weighted by Gasteiger charge is -2.21. The summed E-state index contributed by atoms with van der Waals surface area (Å²) in [6.07, 6.45) is 5.90. The molecule has 2 nitrogen and oxygen atoms in total. The van der Waals surface area contributed by atoms with Gasteiger partial charge in [-0.15, -0.1) is 0 Å². The summed E-state index contributed by atoms with van der Waals surface area (Å²) < 4.78 is 1.92. The topological polar surface area (TPSA) is 29.1 Å². The largest absolute Gasteiger partial charge is 0.348 e. The first-order valence-electron chi connectivity index (χ1n) is 6.48. The van der Waals surface area contributed by atoms with Crippen LogP contribution in [-0.2, 0) is 0 Å². The number of amides is 1. The fraction of sp³-hybridized carbons (Fsp3) is 0.500. The maximum absolute atomic E-state index is 12.4. The molecule has 0 radical (unpaired) electrons. The summed E-state index contributed by atoms with van der Waals surface area (Å²) in [5.74, 6) is 0.0155. The van der Waals surface area contributed by atoms with Gasteiger partial charge < -0.3 is 5.32 Å². The summed E-state index contributed by atoms with van der Waals surface area (Å²) in [4.78, 5) is 12.8. The van der Waals surface area contributed by atoms with E-state index in [0.717, 1.165) is 26.4 Å². The van der Waals surface area contributed by atoms with Crippen LogP contribution >= 0.6 is 54.5 Å². The van der Waals surface area contributed by atoms with Crippen LogP contribution in [0.4, 0.5) is 0 Å². The molecule has 0 aromatic heterocycles. The molecule has 19 heavy (non-hydrogen) atoms. The maximum Gasteiger partial charge on any atom is 0.252 e. The Labute approximate surface area is 144 Å². The molecule has 1 aromatic carbocycles. The van der Waals surface area contributed by atoms with Gasteiger partial charge in [-0.1, -0.05) is 35.2 Å². The average Bonchev–Trinajstić information content (AvgIpc) is 2.58. The molecular formula is C14H16Br2INO. The zero-order valence-corrected chi connectivity index (χ0v) is 15.8. The first-order valence-corrected chi connectivity index (χ1v) is 9.26. The lowest BCUT2D eigenvalue weighted by Crippen LogP contribution is -2.40. The number of hydrogen-bond acceptors (Lipinski definition) is 1. The Morgan fingerprint density at radius 3 is 2.79 bits per heavy atom. The van der Waals surface area contributed by atoms with Crippen molar-refractivity contribution in [2.75, 3.05) is 0 Å². The third kappa shape index (κ3) is 4.43. The minimum absolute atomic E-state index is 0.0155. The molecule has 0 bridgehead atoms. The maximum atomic E-state index is 12.4. The summed E-state index contributed by atoms with van der Waals surface area (Å²) in [7, 11) is 0. The van der Waals surface area contributed by atoms with E-state index in [-0.39, 0.29) is 11.9 Å². The van der Waals surface area contributed by atoms with Crippen LogP contribution in [-0.4, -0.2) is 16.8 Å². The van der Waals surface area contributed by atoms with Gasteiger partial charge in [0, 0.05) is 18.9 Å². The summed E-state index contributed by atoms with van der Waals surface area (Å²) in [5, 5.41) is 3.17. The zero-order valence-electron chi connectivity index (χ0n) is 10.5. The van der Waals surface area contributed by atoms with Crippen molar-refractivity contribution >= 4 is 60.4 Å². The number of rotatable bonds is 2. The molecular weight excluding hydrogens is 485 g/mol. The molecule has 1 N–H and O–H groups in total. The Bertz CT molecular complexity index is 467. The SMILES string of the molecule is O=C(NC1CCCCCC1Br)c1cc(I)ccc1Br. The van der Waals surface area contributed by atoms with Crippen LogP contribution in [0.2, 0.25) is 0 Å². The van der Waals surface area contributed by atoms with E-state index in [9.17, 15) is 4.79 Å². The van der Waals surface area contributed by atoms with Crippen molar-refractivity contribution in [3.05, 3.63) is 31.8 Å². The highest BCUT2D eigenvalue weighted by molar-refractivity contribution is 14.1. The van der Waals surface area contributed by atoms with Crippen LogP contribution in [0.3, 0.4) is 0 Å². The molecule has 1 aliphatic carbocycles. The van der Waals surface area contributed by atoms with Crippen molar-refractivity contribution in [3.63, 3.8) is 0 Å². The highest BCUT2D eigenvalue weighted by Crippen LogP contribution is 2.25.